The third kappa shape index (κ3) is 2.06. The van der Waals surface area contributed by atoms with Crippen LogP contribution in [-0.2, 0) is 0 Å². The van der Waals surface area contributed by atoms with Crippen molar-refractivity contribution in [1.82, 2.24) is 0 Å². The highest BCUT2D eigenvalue weighted by Crippen LogP contribution is 2.54. The van der Waals surface area contributed by atoms with Gasteiger partial charge in [-0.2, -0.15) is 0 Å². The Morgan fingerprint density at radius 1 is 1.18 bits per heavy atom. The molecule has 4 atom stereocenters. The summed E-state index contributed by atoms with van der Waals surface area (Å²) in [6, 6.07) is 11.1. The van der Waals surface area contributed by atoms with Crippen LogP contribution < -0.4 is 0 Å². The second-order valence-corrected chi connectivity index (χ2v) is 5.88. The number of rotatable bonds is 4. The van der Waals surface area contributed by atoms with Gasteiger partial charge in [-0.1, -0.05) is 42.8 Å². The summed E-state index contributed by atoms with van der Waals surface area (Å²) in [6.07, 6.45) is 9.22. The SMILES string of the molecule is C=CCC(c1ccccc1)C1CC2CCC1C2. The molecule has 0 heteroatoms. The lowest BCUT2D eigenvalue weighted by Gasteiger charge is -2.30. The predicted octanol–water partition coefficient (Wildman–Crippen LogP) is 4.78. The largest absolute Gasteiger partial charge is 0.103 e. The summed E-state index contributed by atoms with van der Waals surface area (Å²) in [6.45, 7) is 3.96. The van der Waals surface area contributed by atoms with Crippen LogP contribution in [0.15, 0.2) is 43.0 Å². The fourth-order valence-corrected chi connectivity index (χ4v) is 4.22. The molecule has 0 saturated heterocycles. The zero-order valence-corrected chi connectivity index (χ0v) is 10.5. The smallest absolute Gasteiger partial charge is 0.00964 e. The highest BCUT2D eigenvalue weighted by atomic mass is 14.5. The Hall–Kier alpha value is -1.04. The Bertz CT molecular complexity index is 378. The number of hydrogen-bond acceptors (Lipinski definition) is 0. The maximum absolute atomic E-state index is 3.96. The van der Waals surface area contributed by atoms with E-state index in [0.29, 0.717) is 0 Å². The third-order valence-electron chi connectivity index (χ3n) is 4.96. The summed E-state index contributed by atoms with van der Waals surface area (Å²) in [4.78, 5) is 0. The predicted molar refractivity (Wildman–Crippen MR) is 72.9 cm³/mol. The van der Waals surface area contributed by atoms with Crippen molar-refractivity contribution < 1.29 is 0 Å². The number of fused-ring (bicyclic) bond motifs is 2. The van der Waals surface area contributed by atoms with Gasteiger partial charge in [-0.15, -0.1) is 6.58 Å². The summed E-state index contributed by atoms with van der Waals surface area (Å²) < 4.78 is 0. The molecule has 90 valence electrons. The van der Waals surface area contributed by atoms with Gasteiger partial charge in [0.1, 0.15) is 0 Å². The second-order valence-electron chi connectivity index (χ2n) is 5.88. The van der Waals surface area contributed by atoms with Crippen LogP contribution in [0, 0.1) is 17.8 Å². The molecule has 0 aromatic heterocycles. The standard InChI is InChI=1S/C17H22/c1-2-6-16(14-7-4-3-5-8-14)17-12-13-9-10-15(17)11-13/h2-5,7-8,13,15-17H,1,6,9-12H2. The van der Waals surface area contributed by atoms with Crippen LogP contribution in [0.1, 0.15) is 43.6 Å². The molecular weight excluding hydrogens is 204 g/mol. The molecule has 4 unspecified atom stereocenters. The molecule has 2 bridgehead atoms. The van der Waals surface area contributed by atoms with Gasteiger partial charge < -0.3 is 0 Å². The molecule has 2 fully saturated rings. The summed E-state index contributed by atoms with van der Waals surface area (Å²) >= 11 is 0. The van der Waals surface area contributed by atoms with Crippen molar-refractivity contribution in [2.75, 3.05) is 0 Å². The monoisotopic (exact) mass is 226 g/mol. The molecule has 17 heavy (non-hydrogen) atoms. The van der Waals surface area contributed by atoms with Gasteiger partial charge in [0.25, 0.3) is 0 Å². The fraction of sp³-hybridized carbons (Fsp3) is 0.529. The van der Waals surface area contributed by atoms with E-state index in [2.05, 4.69) is 43.0 Å². The quantitative estimate of drug-likeness (QED) is 0.648. The van der Waals surface area contributed by atoms with Crippen molar-refractivity contribution in [2.45, 2.75) is 38.0 Å². The highest BCUT2D eigenvalue weighted by Gasteiger charge is 2.42. The van der Waals surface area contributed by atoms with Crippen molar-refractivity contribution in [3.63, 3.8) is 0 Å². The topological polar surface area (TPSA) is 0 Å². The van der Waals surface area contributed by atoms with Crippen LogP contribution in [0.5, 0.6) is 0 Å². The van der Waals surface area contributed by atoms with Gasteiger partial charge in [0.05, 0.1) is 0 Å². The van der Waals surface area contributed by atoms with Crippen LogP contribution in [0.4, 0.5) is 0 Å². The molecule has 0 aliphatic heterocycles. The molecule has 0 heterocycles. The molecule has 0 N–H and O–H groups in total. The lowest BCUT2D eigenvalue weighted by molar-refractivity contribution is 0.281. The molecule has 0 spiro atoms. The minimum atomic E-state index is 0.726. The van der Waals surface area contributed by atoms with E-state index in [0.717, 1.165) is 30.1 Å². The molecule has 1 aromatic carbocycles. The first kappa shape index (κ1) is 11.1. The second kappa shape index (κ2) is 4.68. The first-order valence-corrected chi connectivity index (χ1v) is 7.04. The summed E-state index contributed by atoms with van der Waals surface area (Å²) in [7, 11) is 0. The van der Waals surface area contributed by atoms with E-state index in [-0.39, 0.29) is 0 Å². The van der Waals surface area contributed by atoms with E-state index in [1.54, 1.807) is 0 Å². The average Bonchev–Trinajstić information content (AvgIpc) is 2.99. The van der Waals surface area contributed by atoms with Gasteiger partial charge in [0, 0.05) is 0 Å². The van der Waals surface area contributed by atoms with E-state index >= 15 is 0 Å². The van der Waals surface area contributed by atoms with Crippen LogP contribution in [0.25, 0.3) is 0 Å². The lowest BCUT2D eigenvalue weighted by atomic mass is 9.75. The van der Waals surface area contributed by atoms with Gasteiger partial charge in [-0.3, -0.25) is 0 Å². The van der Waals surface area contributed by atoms with E-state index in [1.165, 1.54) is 31.2 Å². The first-order valence-electron chi connectivity index (χ1n) is 7.04. The van der Waals surface area contributed by atoms with E-state index in [4.69, 9.17) is 0 Å². The molecule has 0 radical (unpaired) electrons. The average molecular weight is 226 g/mol. The summed E-state index contributed by atoms with van der Waals surface area (Å²) in [5.74, 6) is 3.70. The van der Waals surface area contributed by atoms with Crippen molar-refractivity contribution in [1.29, 1.82) is 0 Å². The maximum Gasteiger partial charge on any atom is -0.00964 e. The molecule has 2 aliphatic carbocycles. The van der Waals surface area contributed by atoms with Crippen LogP contribution in [0.3, 0.4) is 0 Å². The highest BCUT2D eigenvalue weighted by molar-refractivity contribution is 5.22. The summed E-state index contributed by atoms with van der Waals surface area (Å²) in [5, 5.41) is 0. The van der Waals surface area contributed by atoms with Crippen LogP contribution in [-0.4, -0.2) is 0 Å². The Balaban J connectivity index is 1.83. The van der Waals surface area contributed by atoms with Crippen molar-refractivity contribution in [3.05, 3.63) is 48.6 Å². The molecule has 2 saturated carbocycles. The molecule has 3 rings (SSSR count). The minimum absolute atomic E-state index is 0.726. The zero-order chi connectivity index (χ0) is 11.7. The Morgan fingerprint density at radius 3 is 2.59 bits per heavy atom. The van der Waals surface area contributed by atoms with Crippen LogP contribution >= 0.6 is 0 Å². The van der Waals surface area contributed by atoms with Crippen molar-refractivity contribution >= 4 is 0 Å². The van der Waals surface area contributed by atoms with Gasteiger partial charge in [-0.25, -0.2) is 0 Å². The van der Waals surface area contributed by atoms with E-state index < -0.39 is 0 Å². The van der Waals surface area contributed by atoms with Crippen molar-refractivity contribution in [3.8, 4) is 0 Å². The molecule has 0 amide bonds. The summed E-state index contributed by atoms with van der Waals surface area (Å²) in [5.41, 5.74) is 1.53. The number of hydrogen-bond donors (Lipinski definition) is 0. The Labute approximate surface area is 105 Å². The number of benzene rings is 1. The first-order chi connectivity index (χ1) is 8.38. The molecule has 2 aliphatic rings. The van der Waals surface area contributed by atoms with Gasteiger partial charge in [-0.05, 0) is 54.9 Å². The van der Waals surface area contributed by atoms with Gasteiger partial charge in [0.15, 0.2) is 0 Å². The fourth-order valence-electron chi connectivity index (χ4n) is 4.22. The van der Waals surface area contributed by atoms with E-state index in [1.807, 2.05) is 0 Å². The Morgan fingerprint density at radius 2 is 2.00 bits per heavy atom. The van der Waals surface area contributed by atoms with Crippen LogP contribution in [0.2, 0.25) is 0 Å². The molecule has 1 aromatic rings. The molecule has 0 nitrogen and oxygen atoms in total. The normalized spacial score (nSPS) is 32.6. The van der Waals surface area contributed by atoms with Gasteiger partial charge >= 0.3 is 0 Å². The minimum Gasteiger partial charge on any atom is -0.103 e. The third-order valence-corrected chi connectivity index (χ3v) is 4.96. The van der Waals surface area contributed by atoms with E-state index in [9.17, 15) is 0 Å². The number of allylic oxidation sites excluding steroid dienone is 1. The Kier molecular flexibility index (Phi) is 3.05. The molecular formula is C17H22. The lowest BCUT2D eigenvalue weighted by Crippen LogP contribution is -2.19. The van der Waals surface area contributed by atoms with Crippen molar-refractivity contribution in [2.24, 2.45) is 17.8 Å². The maximum atomic E-state index is 3.96. The zero-order valence-electron chi connectivity index (χ0n) is 10.5. The van der Waals surface area contributed by atoms with Gasteiger partial charge in [0.2, 0.25) is 0 Å².